The Morgan fingerprint density at radius 2 is 1.53 bits per heavy atom. The number of aliphatic carboxylic acids is 1. The number of carboxylic acids is 1. The number of nitrogens with one attached hydrogen (secondary N) is 6. The number of nitrogens with two attached hydrogens (primary N) is 2. The maximum absolute atomic E-state index is 13.3. The number of carbonyl (C=O) groups excluding carboxylic acids is 3. The maximum atomic E-state index is 13.3. The van der Waals surface area contributed by atoms with Crippen LogP contribution < -0.4 is 42.8 Å². The molecule has 0 fully saturated rings. The molecule has 0 saturated heterocycles. The lowest BCUT2D eigenvalue weighted by Gasteiger charge is -2.21. The molecule has 0 aliphatic heterocycles. The first-order valence-corrected chi connectivity index (χ1v) is 16.8. The van der Waals surface area contributed by atoms with Gasteiger partial charge in [0.05, 0.1) is 0 Å². The van der Waals surface area contributed by atoms with Crippen molar-refractivity contribution in [3.63, 3.8) is 0 Å². The lowest BCUT2D eigenvalue weighted by molar-refractivity contribution is -0.142. The van der Waals surface area contributed by atoms with Crippen LogP contribution in [-0.4, -0.2) is 68.3 Å². The molecule has 1 heterocycles. The van der Waals surface area contributed by atoms with Gasteiger partial charge in [0, 0.05) is 35.8 Å². The van der Waals surface area contributed by atoms with E-state index in [0.29, 0.717) is 23.7 Å². The molecule has 0 unspecified atom stereocenters. The van der Waals surface area contributed by atoms with E-state index in [1.54, 1.807) is 24.3 Å². The van der Waals surface area contributed by atoms with Crippen molar-refractivity contribution in [1.82, 2.24) is 30.9 Å². The summed E-state index contributed by atoms with van der Waals surface area (Å²) in [4.78, 5) is 62.6. The third kappa shape index (κ3) is 13.6. The van der Waals surface area contributed by atoms with Gasteiger partial charge in [0.2, 0.25) is 23.7 Å². The molecule has 4 aromatic rings. The summed E-state index contributed by atoms with van der Waals surface area (Å²) < 4.78 is 5.87. The maximum Gasteiger partial charge on any atom is 0.326 e. The molecule has 0 saturated carbocycles. The van der Waals surface area contributed by atoms with Crippen LogP contribution >= 0.6 is 11.6 Å². The van der Waals surface area contributed by atoms with Crippen LogP contribution in [0.4, 0.5) is 17.6 Å². The lowest BCUT2D eigenvalue weighted by Crippen LogP contribution is -2.52. The number of anilines is 3. The number of halogens is 1. The fourth-order valence-electron chi connectivity index (χ4n) is 4.75. The summed E-state index contributed by atoms with van der Waals surface area (Å²) in [5.74, 6) is -3.30. The number of hydrogen-bond acceptors (Lipinski definition) is 11. The minimum Gasteiger partial charge on any atom is -0.480 e. The van der Waals surface area contributed by atoms with Gasteiger partial charge < -0.3 is 47.9 Å². The van der Waals surface area contributed by atoms with Crippen LogP contribution in [0.3, 0.4) is 0 Å². The summed E-state index contributed by atoms with van der Waals surface area (Å²) in [6.45, 7) is 0.855. The Morgan fingerprint density at radius 3 is 2.19 bits per heavy atom. The zero-order chi connectivity index (χ0) is 38.2. The fourth-order valence-corrected chi connectivity index (χ4v) is 4.88. The SMILES string of the molecule is N=C(N)NCCC[C@H](NC(=O)c1ccc(Nc2nc(NCc3ccc(Cl)cc3)nc(OCc3ccccc3)n2)cc1)C(=O)N[C@@H](CCC(N)=O)C(=O)O. The van der Waals surface area contributed by atoms with Crippen molar-refractivity contribution in [2.24, 2.45) is 11.5 Å². The standard InChI is InChI=1S/C35H40ClN11O6/c36-24-12-8-21(9-13-24)19-41-33-45-34(47-35(46-33)53-20-22-5-2-1-3-6-22)42-25-14-10-23(11-15-25)29(49)43-26(7-4-18-40-32(38)39)30(50)44-27(31(51)52)16-17-28(37)48/h1-3,5-6,8-15,26-27H,4,7,16-20H2,(H2,37,48)(H,43,49)(H,44,50)(H,51,52)(H4,38,39,40)(H2,41,42,45,46,47)/t26-,27-/m0/s1. The monoisotopic (exact) mass is 745 g/mol. The first kappa shape index (κ1) is 39.3. The van der Waals surface area contributed by atoms with Crippen LogP contribution in [0, 0.1) is 5.41 Å². The fraction of sp³-hybridized carbons (Fsp3) is 0.257. The number of amides is 3. The van der Waals surface area contributed by atoms with Crippen molar-refractivity contribution in [2.75, 3.05) is 17.2 Å². The Morgan fingerprint density at radius 1 is 0.830 bits per heavy atom. The topological polar surface area (TPSA) is 272 Å². The van der Waals surface area contributed by atoms with Crippen LogP contribution in [0.1, 0.15) is 47.2 Å². The van der Waals surface area contributed by atoms with Gasteiger partial charge >= 0.3 is 12.0 Å². The number of nitrogens with zero attached hydrogens (tertiary/aromatic N) is 3. The normalized spacial score (nSPS) is 11.7. The van der Waals surface area contributed by atoms with Gasteiger partial charge in [0.15, 0.2) is 5.96 Å². The van der Waals surface area contributed by atoms with Crippen molar-refractivity contribution in [3.05, 3.63) is 101 Å². The van der Waals surface area contributed by atoms with E-state index in [2.05, 4.69) is 41.5 Å². The Kier molecular flexibility index (Phi) is 14.7. The van der Waals surface area contributed by atoms with Gasteiger partial charge in [-0.2, -0.15) is 15.0 Å². The van der Waals surface area contributed by atoms with Crippen molar-refractivity contribution >= 4 is 58.8 Å². The van der Waals surface area contributed by atoms with E-state index in [1.165, 1.54) is 12.1 Å². The van der Waals surface area contributed by atoms with E-state index in [-0.39, 0.29) is 61.8 Å². The van der Waals surface area contributed by atoms with Gasteiger partial charge in [-0.05, 0) is 66.8 Å². The Labute approximate surface area is 309 Å². The molecule has 4 rings (SSSR count). The van der Waals surface area contributed by atoms with Crippen LogP contribution in [0.2, 0.25) is 5.02 Å². The molecule has 1 aromatic heterocycles. The number of hydrogen-bond donors (Lipinski definition) is 9. The molecule has 0 spiro atoms. The second-order valence-corrected chi connectivity index (χ2v) is 12.1. The van der Waals surface area contributed by atoms with Gasteiger partial charge in [-0.1, -0.05) is 54.1 Å². The summed E-state index contributed by atoms with van der Waals surface area (Å²) in [6.07, 6.45) is -0.0917. The molecule has 18 heteroatoms. The van der Waals surface area contributed by atoms with Gasteiger partial charge in [-0.25, -0.2) is 4.79 Å². The summed E-state index contributed by atoms with van der Waals surface area (Å²) >= 11 is 6.01. The highest BCUT2D eigenvalue weighted by Gasteiger charge is 2.27. The van der Waals surface area contributed by atoms with E-state index in [4.69, 9.17) is 33.2 Å². The lowest BCUT2D eigenvalue weighted by atomic mass is 10.1. The molecule has 0 bridgehead atoms. The molecule has 3 amide bonds. The zero-order valence-electron chi connectivity index (χ0n) is 28.5. The first-order valence-electron chi connectivity index (χ1n) is 16.4. The Hall–Kier alpha value is -6.49. The minimum absolute atomic E-state index is 0.0727. The summed E-state index contributed by atoms with van der Waals surface area (Å²) in [6, 6.07) is 20.6. The van der Waals surface area contributed by atoms with Gasteiger partial charge in [0.1, 0.15) is 18.7 Å². The number of guanidine groups is 1. The quantitative estimate of drug-likeness (QED) is 0.0358. The second kappa shape index (κ2) is 19.8. The number of carboxylic acid groups (broad SMARTS) is 1. The number of carbonyl (C=O) groups is 4. The average molecular weight is 746 g/mol. The van der Waals surface area contributed by atoms with Crippen molar-refractivity contribution < 1.29 is 29.0 Å². The highest BCUT2D eigenvalue weighted by atomic mass is 35.5. The van der Waals surface area contributed by atoms with E-state index in [0.717, 1.165) is 11.1 Å². The number of rotatable bonds is 20. The van der Waals surface area contributed by atoms with Crippen molar-refractivity contribution in [2.45, 2.75) is 50.9 Å². The molecular weight excluding hydrogens is 706 g/mol. The molecule has 2 atom stereocenters. The second-order valence-electron chi connectivity index (χ2n) is 11.6. The van der Waals surface area contributed by atoms with Gasteiger partial charge in [-0.3, -0.25) is 19.8 Å². The number of benzene rings is 3. The molecule has 278 valence electrons. The van der Waals surface area contributed by atoms with Gasteiger partial charge in [-0.15, -0.1) is 0 Å². The summed E-state index contributed by atoms with van der Waals surface area (Å²) in [5.41, 5.74) is 13.1. The molecule has 3 aromatic carbocycles. The third-order valence-electron chi connectivity index (χ3n) is 7.49. The molecule has 0 radical (unpaired) electrons. The number of primary amides is 1. The number of aromatic nitrogens is 3. The largest absolute Gasteiger partial charge is 0.480 e. The summed E-state index contributed by atoms with van der Waals surface area (Å²) in [7, 11) is 0. The average Bonchev–Trinajstić information content (AvgIpc) is 3.13. The molecule has 0 aliphatic rings. The summed E-state index contributed by atoms with van der Waals surface area (Å²) in [5, 5.41) is 31.3. The van der Waals surface area contributed by atoms with Crippen LogP contribution in [0.5, 0.6) is 6.01 Å². The minimum atomic E-state index is -1.40. The van der Waals surface area contributed by atoms with Crippen LogP contribution in [0.15, 0.2) is 78.9 Å². The Balaban J connectivity index is 1.46. The smallest absolute Gasteiger partial charge is 0.326 e. The molecular formula is C35H40ClN11O6. The van der Waals surface area contributed by atoms with E-state index in [9.17, 15) is 24.3 Å². The first-order chi connectivity index (χ1) is 25.4. The molecule has 11 N–H and O–H groups in total. The van der Waals surface area contributed by atoms with Crippen molar-refractivity contribution in [3.8, 4) is 6.01 Å². The van der Waals surface area contributed by atoms with Crippen molar-refractivity contribution in [1.29, 1.82) is 5.41 Å². The molecule has 17 nitrogen and oxygen atoms in total. The Bertz CT molecular complexity index is 1870. The number of ether oxygens (including phenoxy) is 1. The van der Waals surface area contributed by atoms with E-state index in [1.807, 2.05) is 42.5 Å². The van der Waals surface area contributed by atoms with E-state index < -0.39 is 35.8 Å². The highest BCUT2D eigenvalue weighted by Crippen LogP contribution is 2.19. The van der Waals surface area contributed by atoms with Gasteiger partial charge in [0.25, 0.3) is 5.91 Å². The zero-order valence-corrected chi connectivity index (χ0v) is 29.2. The third-order valence-corrected chi connectivity index (χ3v) is 7.75. The predicted molar refractivity (Wildman–Crippen MR) is 198 cm³/mol. The van der Waals surface area contributed by atoms with E-state index >= 15 is 0 Å². The predicted octanol–water partition coefficient (Wildman–Crippen LogP) is 2.66. The molecule has 0 aliphatic carbocycles. The van der Waals surface area contributed by atoms with Crippen LogP contribution in [-0.2, 0) is 27.5 Å². The van der Waals surface area contributed by atoms with Crippen LogP contribution in [0.25, 0.3) is 0 Å². The highest BCUT2D eigenvalue weighted by molar-refractivity contribution is 6.30. The molecule has 53 heavy (non-hydrogen) atoms.